The van der Waals surface area contributed by atoms with Crippen LogP contribution in [0.1, 0.15) is 29.7 Å². The lowest BCUT2D eigenvalue weighted by molar-refractivity contribution is -0.120. The second-order valence-electron chi connectivity index (χ2n) is 7.72. The minimum atomic E-state index is -0.364. The molecule has 1 aliphatic carbocycles. The molecule has 1 heterocycles. The molecular weight excluding hydrogens is 381 g/mol. The molecule has 5 nitrogen and oxygen atoms in total. The molecule has 0 bridgehead atoms. The fourth-order valence-electron chi connectivity index (χ4n) is 3.91. The van der Waals surface area contributed by atoms with Crippen molar-refractivity contribution in [2.45, 2.75) is 32.1 Å². The Labute approximate surface area is 174 Å². The van der Waals surface area contributed by atoms with Gasteiger partial charge in [0.2, 0.25) is 5.91 Å². The molecule has 1 aliphatic rings. The highest BCUT2D eigenvalue weighted by Crippen LogP contribution is 2.23. The minimum absolute atomic E-state index is 0.0290. The summed E-state index contributed by atoms with van der Waals surface area (Å²) < 4.78 is 13.7. The highest BCUT2D eigenvalue weighted by molar-refractivity contribution is 5.78. The van der Waals surface area contributed by atoms with E-state index in [1.807, 2.05) is 30.3 Å². The van der Waals surface area contributed by atoms with Crippen LogP contribution in [0.4, 0.5) is 4.39 Å². The molecule has 1 amide bonds. The van der Waals surface area contributed by atoms with E-state index in [1.165, 1.54) is 6.07 Å². The van der Waals surface area contributed by atoms with Crippen molar-refractivity contribution in [3.05, 3.63) is 87.6 Å². The fourth-order valence-corrected chi connectivity index (χ4v) is 3.91. The van der Waals surface area contributed by atoms with Crippen LogP contribution in [0.3, 0.4) is 0 Å². The number of nitrogens with one attached hydrogen (secondary N) is 2. The summed E-state index contributed by atoms with van der Waals surface area (Å²) in [6.45, 7) is 0.519. The number of aryl methyl sites for hydroxylation is 1. The molecule has 4 rings (SSSR count). The van der Waals surface area contributed by atoms with E-state index in [2.05, 4.69) is 10.3 Å². The maximum absolute atomic E-state index is 13.7. The number of carbonyl (C=O) groups excluding carboxylic acids is 1. The van der Waals surface area contributed by atoms with Crippen molar-refractivity contribution in [1.82, 2.24) is 15.3 Å². The van der Waals surface area contributed by atoms with Crippen molar-refractivity contribution in [2.75, 3.05) is 6.54 Å². The molecule has 1 unspecified atom stereocenters. The van der Waals surface area contributed by atoms with Crippen molar-refractivity contribution < 1.29 is 9.18 Å². The molecule has 0 aliphatic heterocycles. The molecule has 0 saturated heterocycles. The number of hydrogen-bond donors (Lipinski definition) is 2. The molecule has 0 saturated carbocycles. The lowest BCUT2D eigenvalue weighted by Gasteiger charge is -2.14. The van der Waals surface area contributed by atoms with Gasteiger partial charge in [0.25, 0.3) is 5.56 Å². The molecule has 0 spiro atoms. The van der Waals surface area contributed by atoms with Gasteiger partial charge < -0.3 is 10.3 Å². The molecule has 0 fully saturated rings. The van der Waals surface area contributed by atoms with Crippen molar-refractivity contribution in [2.24, 2.45) is 5.92 Å². The van der Waals surface area contributed by atoms with Gasteiger partial charge in [-0.2, -0.15) is 0 Å². The third kappa shape index (κ3) is 4.64. The number of amides is 1. The first kappa shape index (κ1) is 20.0. The third-order valence-corrected chi connectivity index (χ3v) is 5.64. The number of H-pyrrole nitrogens is 1. The zero-order valence-electron chi connectivity index (χ0n) is 16.7. The summed E-state index contributed by atoms with van der Waals surface area (Å²) in [4.78, 5) is 32.5. The predicted octanol–water partition coefficient (Wildman–Crippen LogP) is 3.43. The van der Waals surface area contributed by atoms with Crippen molar-refractivity contribution in [3.63, 3.8) is 0 Å². The number of rotatable bonds is 5. The Hall–Kier alpha value is -3.28. The molecule has 1 atom stereocenters. The molecule has 3 aromatic rings. The van der Waals surface area contributed by atoms with Crippen LogP contribution in [0.25, 0.3) is 11.4 Å². The van der Waals surface area contributed by atoms with Gasteiger partial charge in [-0.05, 0) is 43.2 Å². The number of halogens is 1. The van der Waals surface area contributed by atoms with Gasteiger partial charge in [-0.1, -0.05) is 48.5 Å². The zero-order valence-corrected chi connectivity index (χ0v) is 16.7. The van der Waals surface area contributed by atoms with E-state index in [1.54, 1.807) is 18.2 Å². The van der Waals surface area contributed by atoms with E-state index in [-0.39, 0.29) is 29.6 Å². The normalized spacial score (nSPS) is 15.8. The predicted molar refractivity (Wildman–Crippen MR) is 114 cm³/mol. The topological polar surface area (TPSA) is 74.8 Å². The van der Waals surface area contributed by atoms with E-state index in [4.69, 9.17) is 4.98 Å². The highest BCUT2D eigenvalue weighted by Gasteiger charge is 2.21. The Bertz CT molecular complexity index is 1100. The molecule has 1 aromatic heterocycles. The van der Waals surface area contributed by atoms with E-state index >= 15 is 0 Å². The third-order valence-electron chi connectivity index (χ3n) is 5.64. The monoisotopic (exact) mass is 405 g/mol. The van der Waals surface area contributed by atoms with Gasteiger partial charge in [0, 0.05) is 17.7 Å². The van der Waals surface area contributed by atoms with E-state index in [0.29, 0.717) is 30.8 Å². The number of hydrogen-bond acceptors (Lipinski definition) is 3. The Morgan fingerprint density at radius 1 is 1.07 bits per heavy atom. The molecule has 154 valence electrons. The van der Waals surface area contributed by atoms with E-state index < -0.39 is 0 Å². The van der Waals surface area contributed by atoms with Gasteiger partial charge in [0.1, 0.15) is 11.6 Å². The number of fused-ring (bicyclic) bond motifs is 1. The van der Waals surface area contributed by atoms with E-state index in [9.17, 15) is 14.0 Å². The largest absolute Gasteiger partial charge is 0.356 e. The van der Waals surface area contributed by atoms with Crippen LogP contribution < -0.4 is 10.9 Å². The van der Waals surface area contributed by atoms with Crippen LogP contribution in [0.2, 0.25) is 0 Å². The van der Waals surface area contributed by atoms with Gasteiger partial charge in [0.05, 0.1) is 12.1 Å². The lowest BCUT2D eigenvalue weighted by Crippen LogP contribution is -2.31. The number of carbonyl (C=O) groups is 1. The lowest BCUT2D eigenvalue weighted by atomic mass is 9.99. The molecule has 0 radical (unpaired) electrons. The number of aromatic nitrogens is 2. The minimum Gasteiger partial charge on any atom is -0.356 e. The molecular formula is C24H24FN3O2. The summed E-state index contributed by atoms with van der Waals surface area (Å²) in [5, 5.41) is 2.92. The van der Waals surface area contributed by atoms with Crippen molar-refractivity contribution in [1.29, 1.82) is 0 Å². The van der Waals surface area contributed by atoms with Gasteiger partial charge in [-0.15, -0.1) is 0 Å². The maximum Gasteiger partial charge on any atom is 0.254 e. The van der Waals surface area contributed by atoms with Crippen LogP contribution in [0.5, 0.6) is 0 Å². The Kier molecular flexibility index (Phi) is 6.02. The summed E-state index contributed by atoms with van der Waals surface area (Å²) in [5.41, 5.74) is 2.79. The molecule has 30 heavy (non-hydrogen) atoms. The second-order valence-corrected chi connectivity index (χ2v) is 7.72. The first-order chi connectivity index (χ1) is 14.6. The average molecular weight is 405 g/mol. The Balaban J connectivity index is 1.38. The SMILES string of the molecule is O=C(Cc1ccccc1F)NCC1CCc2nc(-c3ccccc3)[nH]c(=O)c2CC1. The van der Waals surface area contributed by atoms with Gasteiger partial charge in [0.15, 0.2) is 0 Å². The Morgan fingerprint density at radius 3 is 2.60 bits per heavy atom. The fraction of sp³-hybridized carbons (Fsp3) is 0.292. The zero-order chi connectivity index (χ0) is 20.9. The van der Waals surface area contributed by atoms with Crippen LogP contribution in [-0.4, -0.2) is 22.4 Å². The van der Waals surface area contributed by atoms with E-state index in [0.717, 1.165) is 29.7 Å². The maximum atomic E-state index is 13.7. The van der Waals surface area contributed by atoms with Gasteiger partial charge in [-0.25, -0.2) is 9.37 Å². The van der Waals surface area contributed by atoms with Crippen LogP contribution in [0.15, 0.2) is 59.4 Å². The smallest absolute Gasteiger partial charge is 0.254 e. The van der Waals surface area contributed by atoms with Crippen LogP contribution >= 0.6 is 0 Å². The van der Waals surface area contributed by atoms with Crippen molar-refractivity contribution >= 4 is 5.91 Å². The summed E-state index contributed by atoms with van der Waals surface area (Å²) >= 11 is 0. The van der Waals surface area contributed by atoms with Gasteiger partial charge >= 0.3 is 0 Å². The van der Waals surface area contributed by atoms with Crippen LogP contribution in [-0.2, 0) is 24.1 Å². The Morgan fingerprint density at radius 2 is 1.80 bits per heavy atom. The first-order valence-corrected chi connectivity index (χ1v) is 10.3. The second kappa shape index (κ2) is 9.03. The summed E-state index contributed by atoms with van der Waals surface area (Å²) in [5.74, 6) is 0.292. The molecule has 6 heteroatoms. The van der Waals surface area contributed by atoms with Crippen molar-refractivity contribution in [3.8, 4) is 11.4 Å². The highest BCUT2D eigenvalue weighted by atomic mass is 19.1. The number of aromatic amines is 1. The number of nitrogens with zero attached hydrogens (tertiary/aromatic N) is 1. The molecule has 2 N–H and O–H groups in total. The standard InChI is InChI=1S/C24H24FN3O2/c25-20-9-5-4-8-18(20)14-22(29)26-15-16-10-12-19-21(13-11-16)27-23(28-24(19)30)17-6-2-1-3-7-17/h1-9,16H,10-15H2,(H,26,29)(H,27,28,30). The first-order valence-electron chi connectivity index (χ1n) is 10.3. The summed E-state index contributed by atoms with van der Waals surface area (Å²) in [6, 6.07) is 15.9. The summed E-state index contributed by atoms with van der Waals surface area (Å²) in [6.07, 6.45) is 3.02. The average Bonchev–Trinajstić information content (AvgIpc) is 2.97. The quantitative estimate of drug-likeness (QED) is 0.639. The van der Waals surface area contributed by atoms with Crippen LogP contribution in [0, 0.1) is 11.7 Å². The van der Waals surface area contributed by atoms with Gasteiger partial charge in [-0.3, -0.25) is 9.59 Å². The number of benzene rings is 2. The summed E-state index contributed by atoms with van der Waals surface area (Å²) in [7, 11) is 0. The molecule has 2 aromatic carbocycles.